The van der Waals surface area contributed by atoms with Crippen molar-refractivity contribution >= 4 is 28.3 Å². The van der Waals surface area contributed by atoms with Crippen LogP contribution < -0.4 is 10.2 Å². The highest BCUT2D eigenvalue weighted by molar-refractivity contribution is 7.15. The van der Waals surface area contributed by atoms with Crippen LogP contribution in [0.1, 0.15) is 43.7 Å². The Bertz CT molecular complexity index is 764. The van der Waals surface area contributed by atoms with E-state index < -0.39 is 0 Å². The number of nitrogens with zero attached hydrogens (tertiary/aromatic N) is 4. The number of fused-ring (bicyclic) bond motifs is 1. The smallest absolute Gasteiger partial charge is 0.225 e. The highest BCUT2D eigenvalue weighted by Crippen LogP contribution is 2.34. The first-order valence-electron chi connectivity index (χ1n) is 11.4. The number of nitrogens with one attached hydrogen (secondary N) is 1. The molecule has 1 atom stereocenters. The van der Waals surface area contributed by atoms with Crippen LogP contribution in [0.4, 0.5) is 5.13 Å². The van der Waals surface area contributed by atoms with Gasteiger partial charge in [-0.05, 0) is 52.2 Å². The fourth-order valence-electron chi connectivity index (χ4n) is 4.68. The standard InChI is InChI=1S/C22H35N5O2S/c1-15(2)21(29)26-10-12-27(13-11-26)22-24-18-5-4-16(14-19(18)30-22)20(28)23-17-6-8-25(3)9-7-17/h15-17H,4-14H2,1-3H3,(H,23,28). The lowest BCUT2D eigenvalue weighted by atomic mass is 9.90. The molecule has 4 rings (SSSR count). The molecule has 2 aliphatic heterocycles. The van der Waals surface area contributed by atoms with Crippen molar-refractivity contribution in [2.45, 2.75) is 52.0 Å². The van der Waals surface area contributed by atoms with Crippen LogP contribution in [0.2, 0.25) is 0 Å². The van der Waals surface area contributed by atoms with E-state index >= 15 is 0 Å². The van der Waals surface area contributed by atoms with Gasteiger partial charge in [0.25, 0.3) is 0 Å². The number of rotatable bonds is 4. The predicted molar refractivity (Wildman–Crippen MR) is 120 cm³/mol. The maximum absolute atomic E-state index is 12.8. The molecule has 3 aliphatic rings. The van der Waals surface area contributed by atoms with Crippen molar-refractivity contribution in [3.8, 4) is 0 Å². The molecule has 166 valence electrons. The molecule has 0 radical (unpaired) electrons. The number of amides is 2. The second kappa shape index (κ2) is 9.22. The zero-order chi connectivity index (χ0) is 21.3. The van der Waals surface area contributed by atoms with Gasteiger partial charge in [-0.3, -0.25) is 9.59 Å². The summed E-state index contributed by atoms with van der Waals surface area (Å²) in [5.41, 5.74) is 1.18. The highest BCUT2D eigenvalue weighted by Gasteiger charge is 2.31. The zero-order valence-electron chi connectivity index (χ0n) is 18.5. The van der Waals surface area contributed by atoms with Crippen LogP contribution in [0.5, 0.6) is 0 Å². The second-order valence-corrected chi connectivity index (χ2v) is 10.4. The minimum Gasteiger partial charge on any atom is -0.353 e. The lowest BCUT2D eigenvalue weighted by molar-refractivity contribution is -0.134. The number of anilines is 1. The summed E-state index contributed by atoms with van der Waals surface area (Å²) in [4.78, 5) is 37.8. The first kappa shape index (κ1) is 21.6. The van der Waals surface area contributed by atoms with Crippen LogP contribution in [-0.4, -0.2) is 79.0 Å². The van der Waals surface area contributed by atoms with E-state index in [9.17, 15) is 9.59 Å². The topological polar surface area (TPSA) is 68.8 Å². The second-order valence-electron chi connectivity index (χ2n) is 9.36. The first-order chi connectivity index (χ1) is 14.4. The molecule has 0 aromatic carbocycles. The van der Waals surface area contributed by atoms with Crippen LogP contribution in [0, 0.1) is 11.8 Å². The molecule has 2 amide bonds. The van der Waals surface area contributed by atoms with E-state index in [1.54, 1.807) is 11.3 Å². The molecule has 7 nitrogen and oxygen atoms in total. The van der Waals surface area contributed by atoms with E-state index in [1.165, 1.54) is 10.6 Å². The number of thiazole rings is 1. The van der Waals surface area contributed by atoms with Crippen molar-refractivity contribution < 1.29 is 9.59 Å². The van der Waals surface area contributed by atoms with E-state index in [0.29, 0.717) is 6.04 Å². The third-order valence-electron chi connectivity index (χ3n) is 6.72. The van der Waals surface area contributed by atoms with Gasteiger partial charge in [0.05, 0.1) is 5.69 Å². The SMILES string of the molecule is CC(C)C(=O)N1CCN(c2nc3c(s2)CC(C(=O)NC2CCN(C)CC2)CC3)CC1. The molecule has 1 aromatic heterocycles. The maximum Gasteiger partial charge on any atom is 0.225 e. The number of piperazine rings is 1. The predicted octanol–water partition coefficient (Wildman–Crippen LogP) is 1.76. The van der Waals surface area contributed by atoms with Crippen LogP contribution >= 0.6 is 11.3 Å². The summed E-state index contributed by atoms with van der Waals surface area (Å²) in [6.45, 7) is 9.26. The largest absolute Gasteiger partial charge is 0.353 e. The third-order valence-corrected chi connectivity index (χ3v) is 7.90. The van der Waals surface area contributed by atoms with E-state index in [0.717, 1.165) is 76.5 Å². The number of carbonyl (C=O) groups is 2. The normalized spacial score (nSPS) is 23.5. The van der Waals surface area contributed by atoms with Gasteiger partial charge < -0.3 is 20.0 Å². The van der Waals surface area contributed by atoms with Gasteiger partial charge in [0.1, 0.15) is 0 Å². The molecule has 30 heavy (non-hydrogen) atoms. The molecule has 1 unspecified atom stereocenters. The number of likely N-dealkylation sites (tertiary alicyclic amines) is 1. The van der Waals surface area contributed by atoms with Gasteiger partial charge in [0.2, 0.25) is 11.8 Å². The van der Waals surface area contributed by atoms with Crippen molar-refractivity contribution in [1.29, 1.82) is 0 Å². The Morgan fingerprint density at radius 1 is 1.07 bits per heavy atom. The molecule has 0 spiro atoms. The molecule has 3 heterocycles. The van der Waals surface area contributed by atoms with Gasteiger partial charge in [0, 0.05) is 48.9 Å². The van der Waals surface area contributed by atoms with Crippen molar-refractivity contribution in [2.24, 2.45) is 11.8 Å². The highest BCUT2D eigenvalue weighted by atomic mass is 32.1. The minimum atomic E-state index is 0.0568. The van der Waals surface area contributed by atoms with Gasteiger partial charge >= 0.3 is 0 Å². The lowest BCUT2D eigenvalue weighted by Crippen LogP contribution is -2.49. The van der Waals surface area contributed by atoms with E-state index in [1.807, 2.05) is 18.7 Å². The Morgan fingerprint density at radius 2 is 1.77 bits per heavy atom. The molecule has 2 fully saturated rings. The quantitative estimate of drug-likeness (QED) is 0.784. The van der Waals surface area contributed by atoms with Gasteiger partial charge in [-0.25, -0.2) is 4.98 Å². The summed E-state index contributed by atoms with van der Waals surface area (Å²) in [5, 5.41) is 4.37. The minimum absolute atomic E-state index is 0.0568. The molecule has 1 N–H and O–H groups in total. The molecule has 2 saturated heterocycles. The maximum atomic E-state index is 12.8. The van der Waals surface area contributed by atoms with Crippen molar-refractivity contribution in [3.05, 3.63) is 10.6 Å². The summed E-state index contributed by atoms with van der Waals surface area (Å²) in [6, 6.07) is 0.331. The molecule has 0 bridgehead atoms. The monoisotopic (exact) mass is 433 g/mol. The average molecular weight is 434 g/mol. The summed E-state index contributed by atoms with van der Waals surface area (Å²) in [6.07, 6.45) is 4.71. The van der Waals surface area contributed by atoms with Gasteiger partial charge in [-0.1, -0.05) is 13.8 Å². The first-order valence-corrected chi connectivity index (χ1v) is 12.2. The van der Waals surface area contributed by atoms with Crippen LogP contribution in [-0.2, 0) is 22.4 Å². The van der Waals surface area contributed by atoms with Crippen molar-refractivity contribution in [2.75, 3.05) is 51.2 Å². The average Bonchev–Trinajstić information content (AvgIpc) is 3.18. The summed E-state index contributed by atoms with van der Waals surface area (Å²) < 4.78 is 0. The van der Waals surface area contributed by atoms with Crippen molar-refractivity contribution in [1.82, 2.24) is 20.1 Å². The van der Waals surface area contributed by atoms with E-state index in [2.05, 4.69) is 22.2 Å². The molecule has 8 heteroatoms. The Kier molecular flexibility index (Phi) is 6.63. The molecule has 0 saturated carbocycles. The number of aromatic nitrogens is 1. The number of hydrogen-bond acceptors (Lipinski definition) is 6. The zero-order valence-corrected chi connectivity index (χ0v) is 19.3. The summed E-state index contributed by atoms with van der Waals surface area (Å²) in [7, 11) is 2.14. The fourth-order valence-corrected chi connectivity index (χ4v) is 5.91. The van der Waals surface area contributed by atoms with Crippen LogP contribution in [0.15, 0.2) is 0 Å². The van der Waals surface area contributed by atoms with Gasteiger partial charge in [-0.15, -0.1) is 11.3 Å². The number of carbonyl (C=O) groups excluding carboxylic acids is 2. The Morgan fingerprint density at radius 3 is 2.43 bits per heavy atom. The van der Waals surface area contributed by atoms with Gasteiger partial charge in [0.15, 0.2) is 5.13 Å². The Labute approximate surface area is 183 Å². The van der Waals surface area contributed by atoms with E-state index in [-0.39, 0.29) is 23.7 Å². The van der Waals surface area contributed by atoms with Crippen LogP contribution in [0.3, 0.4) is 0 Å². The van der Waals surface area contributed by atoms with Gasteiger partial charge in [-0.2, -0.15) is 0 Å². The Balaban J connectivity index is 1.31. The van der Waals surface area contributed by atoms with Crippen LogP contribution in [0.25, 0.3) is 0 Å². The number of aryl methyl sites for hydroxylation is 1. The molecule has 1 aromatic rings. The fraction of sp³-hybridized carbons (Fsp3) is 0.773. The van der Waals surface area contributed by atoms with E-state index in [4.69, 9.17) is 4.98 Å². The number of hydrogen-bond donors (Lipinski definition) is 1. The molecule has 1 aliphatic carbocycles. The lowest BCUT2D eigenvalue weighted by Gasteiger charge is -2.35. The molecular formula is C22H35N5O2S. The molecular weight excluding hydrogens is 398 g/mol. The summed E-state index contributed by atoms with van der Waals surface area (Å²) in [5.74, 6) is 0.602. The third kappa shape index (κ3) is 4.80. The number of piperidine rings is 1. The van der Waals surface area contributed by atoms with Crippen molar-refractivity contribution in [3.63, 3.8) is 0 Å². The Hall–Kier alpha value is -1.67. The summed E-state index contributed by atoms with van der Waals surface area (Å²) >= 11 is 1.75.